The molecule has 0 aromatic carbocycles. The van der Waals surface area contributed by atoms with Gasteiger partial charge in [0.25, 0.3) is 0 Å². The van der Waals surface area contributed by atoms with Crippen LogP contribution in [0.4, 0.5) is 0 Å². The molecule has 1 saturated heterocycles. The van der Waals surface area contributed by atoms with E-state index >= 15 is 0 Å². The second kappa shape index (κ2) is 12.5. The molecule has 3 amide bonds. The van der Waals surface area contributed by atoms with Gasteiger partial charge in [-0.25, -0.2) is 9.78 Å². The van der Waals surface area contributed by atoms with E-state index < -0.39 is 47.9 Å². The van der Waals surface area contributed by atoms with Crippen molar-refractivity contribution in [2.24, 2.45) is 22.2 Å². The predicted molar refractivity (Wildman–Crippen MR) is 122 cm³/mol. The van der Waals surface area contributed by atoms with Crippen molar-refractivity contribution < 1.29 is 24.3 Å². The lowest BCUT2D eigenvalue weighted by Crippen LogP contribution is -2.56. The third kappa shape index (κ3) is 7.72. The van der Waals surface area contributed by atoms with Crippen LogP contribution < -0.4 is 27.8 Å². The van der Waals surface area contributed by atoms with E-state index in [-0.39, 0.29) is 25.3 Å². The van der Waals surface area contributed by atoms with E-state index in [1.807, 2.05) is 0 Å². The molecule has 4 atom stereocenters. The third-order valence-corrected chi connectivity index (χ3v) is 5.46. The van der Waals surface area contributed by atoms with Gasteiger partial charge in [0.2, 0.25) is 17.7 Å². The lowest BCUT2D eigenvalue weighted by Gasteiger charge is -2.27. The number of likely N-dealkylation sites (tertiary alicyclic amines) is 1. The summed E-state index contributed by atoms with van der Waals surface area (Å²) in [5, 5.41) is 14.5. The number of aromatic amines is 1. The number of amides is 3. The van der Waals surface area contributed by atoms with Crippen LogP contribution in [-0.4, -0.2) is 86.9 Å². The maximum Gasteiger partial charge on any atom is 0.326 e. The molecule has 0 spiro atoms. The fourth-order valence-corrected chi connectivity index (χ4v) is 3.69. The molecule has 1 aliphatic rings. The van der Waals surface area contributed by atoms with E-state index in [0.717, 1.165) is 0 Å². The fourth-order valence-electron chi connectivity index (χ4n) is 3.69. The topological polar surface area (TPSA) is 235 Å². The molecule has 2 rings (SSSR count). The number of aliphatic imine (C=N–C) groups is 1. The van der Waals surface area contributed by atoms with Crippen LogP contribution in [-0.2, 0) is 25.6 Å². The minimum Gasteiger partial charge on any atom is -0.480 e. The molecule has 0 saturated carbocycles. The molecule has 1 aliphatic heterocycles. The molecule has 1 aromatic rings. The maximum atomic E-state index is 12.9. The smallest absolute Gasteiger partial charge is 0.326 e. The van der Waals surface area contributed by atoms with Gasteiger partial charge in [-0.1, -0.05) is 0 Å². The van der Waals surface area contributed by atoms with Gasteiger partial charge in [0.1, 0.15) is 18.1 Å². The lowest BCUT2D eigenvalue weighted by atomic mass is 10.1. The van der Waals surface area contributed by atoms with Crippen molar-refractivity contribution in [1.82, 2.24) is 25.5 Å². The van der Waals surface area contributed by atoms with Gasteiger partial charge in [-0.3, -0.25) is 19.4 Å². The first-order valence-corrected chi connectivity index (χ1v) is 11.0. The monoisotopic (exact) mass is 479 g/mol. The number of aliphatic carboxylic acids is 1. The van der Waals surface area contributed by atoms with Gasteiger partial charge in [0, 0.05) is 31.4 Å². The van der Waals surface area contributed by atoms with E-state index in [1.54, 1.807) is 6.20 Å². The number of nitrogens with zero attached hydrogens (tertiary/aromatic N) is 3. The molecule has 10 N–H and O–H groups in total. The van der Waals surface area contributed by atoms with Gasteiger partial charge >= 0.3 is 5.97 Å². The minimum absolute atomic E-state index is 0.0931. The molecule has 1 fully saturated rings. The maximum absolute atomic E-state index is 12.9. The highest BCUT2D eigenvalue weighted by atomic mass is 16.4. The van der Waals surface area contributed by atoms with Crippen LogP contribution in [0.5, 0.6) is 0 Å². The SMILES string of the molecule is CC(NC(=O)C(CCCN=C(N)N)NC(=O)C(N)Cc1cnc[nH]1)C(=O)N1CCCC1C(=O)O. The Balaban J connectivity index is 2.02. The Morgan fingerprint density at radius 1 is 1.29 bits per heavy atom. The molecule has 14 nitrogen and oxygen atoms in total. The molecule has 188 valence electrons. The Morgan fingerprint density at radius 2 is 2.03 bits per heavy atom. The number of carboxylic acids is 1. The van der Waals surface area contributed by atoms with Crippen molar-refractivity contribution in [3.63, 3.8) is 0 Å². The zero-order valence-electron chi connectivity index (χ0n) is 19.1. The van der Waals surface area contributed by atoms with Gasteiger partial charge in [0.05, 0.1) is 12.4 Å². The molecule has 4 unspecified atom stereocenters. The average Bonchev–Trinajstić information content (AvgIpc) is 3.46. The standard InChI is InChI=1S/C20H33N9O5/c1-11(18(32)29-7-3-5-15(29)19(33)34)27-17(31)14(4-2-6-25-20(22)23)28-16(30)13(21)8-12-9-24-10-26-12/h9-11,13-15H,2-8,21H2,1H3,(H,24,26)(H,27,31)(H,28,30)(H,33,34)(H4,22,23,25). The van der Waals surface area contributed by atoms with E-state index in [0.29, 0.717) is 31.5 Å². The van der Waals surface area contributed by atoms with Crippen molar-refractivity contribution in [1.29, 1.82) is 0 Å². The number of carboxylic acid groups (broad SMARTS) is 1. The number of carbonyl (C=O) groups is 4. The predicted octanol–water partition coefficient (Wildman–Crippen LogP) is -2.60. The molecule has 14 heteroatoms. The number of rotatable bonds is 12. The van der Waals surface area contributed by atoms with Gasteiger partial charge in [0.15, 0.2) is 5.96 Å². The van der Waals surface area contributed by atoms with E-state index in [9.17, 15) is 24.3 Å². The van der Waals surface area contributed by atoms with Crippen molar-refractivity contribution in [2.45, 2.75) is 63.2 Å². The number of carbonyl (C=O) groups excluding carboxylic acids is 3. The molecule has 1 aromatic heterocycles. The van der Waals surface area contributed by atoms with Gasteiger partial charge in [-0.2, -0.15) is 0 Å². The number of aromatic nitrogens is 2. The van der Waals surface area contributed by atoms with Crippen LogP contribution >= 0.6 is 0 Å². The second-order valence-electron chi connectivity index (χ2n) is 8.16. The van der Waals surface area contributed by atoms with Gasteiger partial charge in [-0.05, 0) is 32.6 Å². The summed E-state index contributed by atoms with van der Waals surface area (Å²) in [6, 6.07) is -3.84. The zero-order valence-corrected chi connectivity index (χ0v) is 19.1. The summed E-state index contributed by atoms with van der Waals surface area (Å²) < 4.78 is 0. The number of imidazole rings is 1. The minimum atomic E-state index is -1.08. The first-order chi connectivity index (χ1) is 16.1. The summed E-state index contributed by atoms with van der Waals surface area (Å²) in [5.74, 6) is -2.83. The fraction of sp³-hybridized carbons (Fsp3) is 0.600. The van der Waals surface area contributed by atoms with Crippen molar-refractivity contribution in [3.05, 3.63) is 18.2 Å². The number of nitrogens with one attached hydrogen (secondary N) is 3. The van der Waals surface area contributed by atoms with Crippen LogP contribution in [0.2, 0.25) is 0 Å². The lowest BCUT2D eigenvalue weighted by molar-refractivity contribution is -0.149. The highest BCUT2D eigenvalue weighted by molar-refractivity contribution is 5.94. The molecule has 34 heavy (non-hydrogen) atoms. The van der Waals surface area contributed by atoms with Crippen LogP contribution in [0, 0.1) is 0 Å². The second-order valence-corrected chi connectivity index (χ2v) is 8.16. The first-order valence-electron chi connectivity index (χ1n) is 11.0. The van der Waals surface area contributed by atoms with Gasteiger partial charge < -0.3 is 42.8 Å². The van der Waals surface area contributed by atoms with Crippen molar-refractivity contribution in [2.75, 3.05) is 13.1 Å². The largest absolute Gasteiger partial charge is 0.480 e. The van der Waals surface area contributed by atoms with Crippen LogP contribution in [0.3, 0.4) is 0 Å². The van der Waals surface area contributed by atoms with Crippen molar-refractivity contribution >= 4 is 29.7 Å². The van der Waals surface area contributed by atoms with E-state index in [4.69, 9.17) is 17.2 Å². The van der Waals surface area contributed by atoms with Crippen LogP contribution in [0.1, 0.15) is 38.3 Å². The Labute approximate surface area is 196 Å². The number of hydrogen-bond acceptors (Lipinski definition) is 7. The molecular weight excluding hydrogens is 446 g/mol. The van der Waals surface area contributed by atoms with Crippen LogP contribution in [0.25, 0.3) is 0 Å². The highest BCUT2D eigenvalue weighted by Gasteiger charge is 2.37. The summed E-state index contributed by atoms with van der Waals surface area (Å²) in [7, 11) is 0. The quantitative estimate of drug-likeness (QED) is 0.0943. The molecule has 0 bridgehead atoms. The Hall–Kier alpha value is -3.68. The first kappa shape index (κ1) is 26.6. The Bertz CT molecular complexity index is 885. The number of nitrogens with two attached hydrogens (primary N) is 3. The highest BCUT2D eigenvalue weighted by Crippen LogP contribution is 2.18. The molecule has 2 heterocycles. The molecule has 0 aliphatic carbocycles. The summed E-state index contributed by atoms with van der Waals surface area (Å²) in [4.78, 5) is 61.5. The number of hydrogen-bond donors (Lipinski definition) is 7. The summed E-state index contributed by atoms with van der Waals surface area (Å²) >= 11 is 0. The molecule has 0 radical (unpaired) electrons. The Kier molecular flexibility index (Phi) is 9.79. The average molecular weight is 480 g/mol. The third-order valence-electron chi connectivity index (χ3n) is 5.46. The number of H-pyrrole nitrogens is 1. The van der Waals surface area contributed by atoms with E-state index in [2.05, 4.69) is 25.6 Å². The number of guanidine groups is 1. The Morgan fingerprint density at radius 3 is 2.65 bits per heavy atom. The van der Waals surface area contributed by atoms with Crippen molar-refractivity contribution in [3.8, 4) is 0 Å². The summed E-state index contributed by atoms with van der Waals surface area (Å²) in [5.41, 5.74) is 17.3. The molecular formula is C20H33N9O5. The van der Waals surface area contributed by atoms with Crippen LogP contribution in [0.15, 0.2) is 17.5 Å². The van der Waals surface area contributed by atoms with E-state index in [1.165, 1.54) is 18.2 Å². The summed E-state index contributed by atoms with van der Waals surface area (Å²) in [6.45, 7) is 2.02. The van der Waals surface area contributed by atoms with Gasteiger partial charge in [-0.15, -0.1) is 0 Å². The zero-order chi connectivity index (χ0) is 25.3. The summed E-state index contributed by atoms with van der Waals surface area (Å²) in [6.07, 6.45) is 4.69. The normalized spacial score (nSPS) is 17.9.